The molecule has 1 aliphatic carbocycles. The maximum atomic E-state index is 11.1. The first-order chi connectivity index (χ1) is 14.3. The van der Waals surface area contributed by atoms with E-state index in [1.807, 2.05) is 77.4 Å². The van der Waals surface area contributed by atoms with Crippen molar-refractivity contribution in [2.24, 2.45) is 0 Å². The highest BCUT2D eigenvalue weighted by Crippen LogP contribution is 2.23. The third kappa shape index (κ3) is 4.06. The van der Waals surface area contributed by atoms with E-state index in [0.29, 0.717) is 12.2 Å². The predicted molar refractivity (Wildman–Crippen MR) is 115 cm³/mol. The molecule has 0 bridgehead atoms. The van der Waals surface area contributed by atoms with Gasteiger partial charge in [-0.1, -0.05) is 48.5 Å². The van der Waals surface area contributed by atoms with E-state index in [4.69, 9.17) is 0 Å². The zero-order valence-corrected chi connectivity index (χ0v) is 15.9. The van der Waals surface area contributed by atoms with Crippen LogP contribution in [0.4, 0.5) is 0 Å². The number of carbonyl (C=O) groups is 2. The van der Waals surface area contributed by atoms with Crippen LogP contribution in [0.25, 0.3) is 17.0 Å². The molecule has 5 rings (SSSR count). The van der Waals surface area contributed by atoms with Crippen LogP contribution in [-0.2, 0) is 17.8 Å². The van der Waals surface area contributed by atoms with Gasteiger partial charge >= 0.3 is 0 Å². The maximum absolute atomic E-state index is 11.1. The Hall–Kier alpha value is -3.79. The molecule has 142 valence electrons. The van der Waals surface area contributed by atoms with Crippen LogP contribution in [0, 0.1) is 0 Å². The summed E-state index contributed by atoms with van der Waals surface area (Å²) in [6.07, 6.45) is 6.34. The smallest absolute Gasteiger partial charge is 0.166 e. The third-order valence-corrected chi connectivity index (χ3v) is 4.95. The largest absolute Gasteiger partial charge is 0.332 e. The van der Waals surface area contributed by atoms with Crippen LogP contribution in [0.15, 0.2) is 84.6 Å². The number of aldehydes is 2. The highest BCUT2D eigenvalue weighted by molar-refractivity contribution is 5.89. The number of hydrogen-bond donors (Lipinski definition) is 0. The number of benzene rings is 2. The lowest BCUT2D eigenvalue weighted by molar-refractivity contribution is -0.104. The van der Waals surface area contributed by atoms with Gasteiger partial charge in [0.25, 0.3) is 0 Å². The van der Waals surface area contributed by atoms with Gasteiger partial charge in [-0.2, -0.15) is 0 Å². The normalized spacial score (nSPS) is 11.9. The average molecular weight is 380 g/mol. The Morgan fingerprint density at radius 3 is 2.45 bits per heavy atom. The summed E-state index contributed by atoms with van der Waals surface area (Å²) < 4.78 is 1.99. The van der Waals surface area contributed by atoms with Crippen LogP contribution in [0.3, 0.4) is 0 Å². The summed E-state index contributed by atoms with van der Waals surface area (Å²) in [5, 5.41) is 1.08. The predicted octanol–water partition coefficient (Wildman–Crippen LogP) is 4.72. The first-order valence-corrected chi connectivity index (χ1v) is 9.45. The molecule has 4 nitrogen and oxygen atoms in total. The quantitative estimate of drug-likeness (QED) is 0.481. The van der Waals surface area contributed by atoms with Crippen molar-refractivity contribution in [3.05, 3.63) is 107 Å². The van der Waals surface area contributed by atoms with E-state index in [0.717, 1.165) is 41.2 Å². The summed E-state index contributed by atoms with van der Waals surface area (Å²) in [5.41, 5.74) is 6.02. The molecule has 4 aromatic rings. The highest BCUT2D eigenvalue weighted by atomic mass is 16.1. The van der Waals surface area contributed by atoms with Gasteiger partial charge in [-0.15, -0.1) is 0 Å². The summed E-state index contributed by atoms with van der Waals surface area (Å²) in [5.74, 6) is 0. The molecule has 0 fully saturated rings. The van der Waals surface area contributed by atoms with E-state index >= 15 is 0 Å². The molecule has 2 aromatic carbocycles. The van der Waals surface area contributed by atoms with Crippen molar-refractivity contribution in [1.29, 1.82) is 0 Å². The fourth-order valence-corrected chi connectivity index (χ4v) is 3.54. The minimum Gasteiger partial charge on any atom is -0.332 e. The Labute approximate surface area is 169 Å². The molecule has 4 heteroatoms. The van der Waals surface area contributed by atoms with Crippen molar-refractivity contribution in [1.82, 2.24) is 9.55 Å². The molecule has 29 heavy (non-hydrogen) atoms. The van der Waals surface area contributed by atoms with E-state index in [1.165, 1.54) is 11.1 Å². The van der Waals surface area contributed by atoms with Gasteiger partial charge in [0.05, 0.1) is 17.9 Å². The number of nitrogens with zero attached hydrogens (tertiary/aromatic N) is 2. The van der Waals surface area contributed by atoms with Crippen molar-refractivity contribution in [3.8, 4) is 0 Å². The molecule has 2 aromatic heterocycles. The second kappa shape index (κ2) is 8.48. The molecule has 0 saturated heterocycles. The molecule has 2 heterocycles. The number of aromatic nitrogens is 2. The molecule has 0 saturated carbocycles. The van der Waals surface area contributed by atoms with Crippen molar-refractivity contribution in [3.63, 3.8) is 0 Å². The topological polar surface area (TPSA) is 52.0 Å². The number of allylic oxidation sites excluding steroid dienone is 1. The summed E-state index contributed by atoms with van der Waals surface area (Å²) in [6, 6.07) is 23.8. The maximum Gasteiger partial charge on any atom is 0.166 e. The van der Waals surface area contributed by atoms with Gasteiger partial charge in [0.2, 0.25) is 0 Å². The lowest BCUT2D eigenvalue weighted by Gasteiger charge is -2.06. The van der Waals surface area contributed by atoms with E-state index in [9.17, 15) is 9.59 Å². The Morgan fingerprint density at radius 2 is 1.69 bits per heavy atom. The van der Waals surface area contributed by atoms with Gasteiger partial charge in [-0.3, -0.25) is 14.6 Å². The minimum atomic E-state index is 0.614. The lowest BCUT2D eigenvalue weighted by atomic mass is 10.1. The fraction of sp³-hybridized carbons (Fsp3) is 0.0800. The molecule has 0 N–H and O–H groups in total. The SMILES string of the molecule is O=CC1=Cc2ccccc2C1.O=Cc1cc2ccccc2n1Cc1ccccn1. The Kier molecular flexibility index (Phi) is 5.43. The van der Waals surface area contributed by atoms with E-state index in [1.54, 1.807) is 6.20 Å². The summed E-state index contributed by atoms with van der Waals surface area (Å²) in [7, 11) is 0. The van der Waals surface area contributed by atoms with Gasteiger partial charge in [0.15, 0.2) is 6.29 Å². The second-order valence-electron chi connectivity index (χ2n) is 6.87. The van der Waals surface area contributed by atoms with Crippen molar-refractivity contribution in [2.45, 2.75) is 13.0 Å². The van der Waals surface area contributed by atoms with E-state index in [-0.39, 0.29) is 0 Å². The van der Waals surface area contributed by atoms with Gasteiger partial charge in [0, 0.05) is 23.5 Å². The summed E-state index contributed by atoms with van der Waals surface area (Å²) >= 11 is 0. The van der Waals surface area contributed by atoms with Gasteiger partial charge in [-0.05, 0) is 47.0 Å². The fourth-order valence-electron chi connectivity index (χ4n) is 3.54. The van der Waals surface area contributed by atoms with Crippen LogP contribution < -0.4 is 0 Å². The number of fused-ring (bicyclic) bond motifs is 2. The van der Waals surface area contributed by atoms with Crippen molar-refractivity contribution in [2.75, 3.05) is 0 Å². The Morgan fingerprint density at radius 1 is 0.897 bits per heavy atom. The molecule has 0 spiro atoms. The minimum absolute atomic E-state index is 0.614. The Bertz CT molecular complexity index is 1190. The van der Waals surface area contributed by atoms with Crippen LogP contribution in [0.1, 0.15) is 27.3 Å². The molecular formula is C25H20N2O2. The number of para-hydroxylation sites is 1. The average Bonchev–Trinajstić information content (AvgIpc) is 3.36. The monoisotopic (exact) mass is 380 g/mol. The summed E-state index contributed by atoms with van der Waals surface area (Å²) in [4.78, 5) is 25.9. The number of carbonyl (C=O) groups excluding carboxylic acids is 2. The number of hydrogen-bond acceptors (Lipinski definition) is 3. The Balaban J connectivity index is 0.000000159. The number of pyridine rings is 1. The first-order valence-electron chi connectivity index (χ1n) is 9.45. The summed E-state index contributed by atoms with van der Waals surface area (Å²) in [6.45, 7) is 0.614. The standard InChI is InChI=1S/C15H12N2O.C10H8O/c18-11-14-9-12-5-1-2-7-15(12)17(14)10-13-6-3-4-8-16-13;11-7-8-5-9-3-1-2-4-10(9)6-8/h1-9,11H,10H2;1-5,7H,6H2. The molecular weight excluding hydrogens is 360 g/mol. The zero-order valence-electron chi connectivity index (χ0n) is 15.9. The molecule has 0 aliphatic heterocycles. The van der Waals surface area contributed by atoms with Crippen LogP contribution >= 0.6 is 0 Å². The van der Waals surface area contributed by atoms with Gasteiger partial charge < -0.3 is 4.57 Å². The first kappa shape index (κ1) is 18.6. The molecule has 0 radical (unpaired) electrons. The lowest BCUT2D eigenvalue weighted by Crippen LogP contribution is -2.04. The van der Waals surface area contributed by atoms with E-state index in [2.05, 4.69) is 11.1 Å². The molecule has 0 amide bonds. The highest BCUT2D eigenvalue weighted by Gasteiger charge is 2.10. The van der Waals surface area contributed by atoms with Gasteiger partial charge in [0.1, 0.15) is 6.29 Å². The number of rotatable bonds is 4. The third-order valence-electron chi connectivity index (χ3n) is 4.95. The molecule has 0 atom stereocenters. The van der Waals surface area contributed by atoms with Crippen molar-refractivity contribution < 1.29 is 9.59 Å². The van der Waals surface area contributed by atoms with Gasteiger partial charge in [-0.25, -0.2) is 0 Å². The van der Waals surface area contributed by atoms with Crippen LogP contribution in [0.2, 0.25) is 0 Å². The second-order valence-corrected chi connectivity index (χ2v) is 6.87. The van der Waals surface area contributed by atoms with Crippen molar-refractivity contribution >= 4 is 29.6 Å². The zero-order chi connectivity index (χ0) is 20.1. The molecule has 1 aliphatic rings. The van der Waals surface area contributed by atoms with E-state index < -0.39 is 0 Å². The van der Waals surface area contributed by atoms with Crippen LogP contribution in [0.5, 0.6) is 0 Å². The van der Waals surface area contributed by atoms with Crippen LogP contribution in [-0.4, -0.2) is 22.1 Å². The molecule has 0 unspecified atom stereocenters.